The van der Waals surface area contributed by atoms with Crippen LogP contribution in [0.1, 0.15) is 99.8 Å². The van der Waals surface area contributed by atoms with Gasteiger partial charge in [0.1, 0.15) is 5.78 Å². The minimum absolute atomic E-state index is 0.0459. The molecule has 4 nitrogen and oxygen atoms in total. The van der Waals surface area contributed by atoms with Crippen LogP contribution < -0.4 is 0 Å². The number of hydrogen-bond donors (Lipinski definition) is 1. The number of allylic oxidation sites excluding steroid dienone is 4. The van der Waals surface area contributed by atoms with E-state index in [1.807, 2.05) is 0 Å². The number of rotatable bonds is 6. The predicted molar refractivity (Wildman–Crippen MR) is 140 cm³/mol. The van der Waals surface area contributed by atoms with Crippen molar-refractivity contribution >= 4 is 11.8 Å². The Balaban J connectivity index is 1.56. The Morgan fingerprint density at radius 2 is 1.71 bits per heavy atom. The monoisotopic (exact) mass is 484 g/mol. The molecular weight excluding hydrogens is 436 g/mol. The number of ketones is 1. The molecule has 0 aromatic heterocycles. The van der Waals surface area contributed by atoms with E-state index in [2.05, 4.69) is 53.7 Å². The second-order valence-corrected chi connectivity index (χ2v) is 13.7. The zero-order chi connectivity index (χ0) is 26.0. The van der Waals surface area contributed by atoms with Crippen molar-refractivity contribution in [3.63, 3.8) is 0 Å². The van der Waals surface area contributed by atoms with Gasteiger partial charge in [-0.3, -0.25) is 9.59 Å². The lowest BCUT2D eigenvalue weighted by Crippen LogP contribution is -2.57. The van der Waals surface area contributed by atoms with Crippen LogP contribution in [-0.2, 0) is 14.3 Å². The third-order valence-electron chi connectivity index (χ3n) is 11.6. The van der Waals surface area contributed by atoms with Crippen LogP contribution in [0.15, 0.2) is 23.3 Å². The summed E-state index contributed by atoms with van der Waals surface area (Å²) in [6.45, 7) is 16.0. The van der Waals surface area contributed by atoms with Crippen molar-refractivity contribution in [1.82, 2.24) is 0 Å². The number of Topliss-reactive ketones (excluding diaryl/α,β-unsaturated/α-hetero) is 1. The maximum absolute atomic E-state index is 12.8. The molecule has 0 aromatic rings. The summed E-state index contributed by atoms with van der Waals surface area (Å²) in [6.07, 6.45) is 12.0. The molecule has 2 fully saturated rings. The summed E-state index contributed by atoms with van der Waals surface area (Å²) >= 11 is 0. The molecule has 1 N–H and O–H groups in total. The molecule has 2 saturated carbocycles. The molecule has 0 bridgehead atoms. The van der Waals surface area contributed by atoms with Gasteiger partial charge >= 0.3 is 5.97 Å². The van der Waals surface area contributed by atoms with Crippen molar-refractivity contribution in [1.29, 1.82) is 0 Å². The number of ether oxygens (including phenoxy) is 1. The maximum Gasteiger partial charge on any atom is 0.308 e. The van der Waals surface area contributed by atoms with Gasteiger partial charge in [-0.25, -0.2) is 0 Å². The Labute approximate surface area is 213 Å². The van der Waals surface area contributed by atoms with Crippen molar-refractivity contribution in [2.75, 3.05) is 7.11 Å². The minimum Gasteiger partial charge on any atom is -0.469 e. The van der Waals surface area contributed by atoms with Gasteiger partial charge in [-0.1, -0.05) is 71.8 Å². The first-order valence-corrected chi connectivity index (χ1v) is 13.9. The van der Waals surface area contributed by atoms with Gasteiger partial charge in [-0.15, -0.1) is 0 Å². The molecule has 0 aromatic carbocycles. The van der Waals surface area contributed by atoms with Crippen LogP contribution in [0.4, 0.5) is 0 Å². The average Bonchev–Trinajstić information content (AvgIpc) is 3.07. The van der Waals surface area contributed by atoms with E-state index >= 15 is 0 Å². The number of carbonyl (C=O) groups is 2. The van der Waals surface area contributed by atoms with Crippen molar-refractivity contribution in [2.45, 2.75) is 106 Å². The van der Waals surface area contributed by atoms with Crippen molar-refractivity contribution in [3.8, 4) is 0 Å². The topological polar surface area (TPSA) is 63.6 Å². The smallest absolute Gasteiger partial charge is 0.308 e. The molecule has 8 atom stereocenters. The summed E-state index contributed by atoms with van der Waals surface area (Å²) in [6, 6.07) is 0. The zero-order valence-corrected chi connectivity index (χ0v) is 23.4. The van der Waals surface area contributed by atoms with Crippen LogP contribution in [0.3, 0.4) is 0 Å². The molecule has 0 saturated heterocycles. The van der Waals surface area contributed by atoms with Crippen molar-refractivity contribution in [2.24, 2.45) is 45.3 Å². The van der Waals surface area contributed by atoms with Crippen molar-refractivity contribution < 1.29 is 19.4 Å². The summed E-state index contributed by atoms with van der Waals surface area (Å²) in [7, 11) is 1.38. The van der Waals surface area contributed by atoms with Gasteiger partial charge in [0.25, 0.3) is 0 Å². The van der Waals surface area contributed by atoms with Gasteiger partial charge in [-0.2, -0.15) is 0 Å². The SMILES string of the molecule is COC(=O)[C@H](C)CC(=O)C[C@@H](C)C1=CC[C@@]2(C)[C@@H]3CC[C@H]4C(C)(C)[C@H](O)CC[C@]4(C)C3=CC[C@]12C. The zero-order valence-electron chi connectivity index (χ0n) is 23.4. The first-order valence-electron chi connectivity index (χ1n) is 13.9. The Kier molecular flexibility index (Phi) is 6.74. The number of esters is 1. The molecule has 4 heteroatoms. The Bertz CT molecular complexity index is 944. The Hall–Kier alpha value is -1.42. The molecular formula is C31H48O4. The number of fused-ring (bicyclic) bond motifs is 5. The fourth-order valence-corrected chi connectivity index (χ4v) is 9.20. The van der Waals surface area contributed by atoms with Crippen LogP contribution in [0.2, 0.25) is 0 Å². The second-order valence-electron chi connectivity index (χ2n) is 13.7. The van der Waals surface area contributed by atoms with Gasteiger partial charge in [0.05, 0.1) is 19.1 Å². The molecule has 0 amide bonds. The van der Waals surface area contributed by atoms with E-state index < -0.39 is 0 Å². The number of aliphatic hydroxyl groups is 1. The van der Waals surface area contributed by atoms with E-state index in [0.29, 0.717) is 18.3 Å². The highest BCUT2D eigenvalue weighted by molar-refractivity contribution is 5.84. The fraction of sp³-hybridized carbons (Fsp3) is 0.806. The molecule has 196 valence electrons. The average molecular weight is 485 g/mol. The van der Waals surface area contributed by atoms with Crippen LogP contribution in [0.25, 0.3) is 0 Å². The van der Waals surface area contributed by atoms with Gasteiger partial charge in [0, 0.05) is 12.8 Å². The van der Waals surface area contributed by atoms with Crippen LogP contribution >= 0.6 is 0 Å². The molecule has 4 aliphatic rings. The highest BCUT2D eigenvalue weighted by atomic mass is 16.5. The van der Waals surface area contributed by atoms with E-state index in [9.17, 15) is 14.7 Å². The number of aliphatic hydroxyl groups excluding tert-OH is 1. The fourth-order valence-electron chi connectivity index (χ4n) is 9.20. The molecule has 0 heterocycles. The van der Waals surface area contributed by atoms with Crippen molar-refractivity contribution in [3.05, 3.63) is 23.3 Å². The second kappa shape index (κ2) is 8.85. The quantitative estimate of drug-likeness (QED) is 0.338. The molecule has 4 aliphatic carbocycles. The lowest BCUT2D eigenvalue weighted by atomic mass is 9.41. The summed E-state index contributed by atoms with van der Waals surface area (Å²) in [4.78, 5) is 24.6. The van der Waals surface area contributed by atoms with Crippen LogP contribution in [-0.4, -0.2) is 30.1 Å². The number of methoxy groups -OCH3 is 1. The maximum atomic E-state index is 12.8. The summed E-state index contributed by atoms with van der Waals surface area (Å²) < 4.78 is 4.81. The molecule has 35 heavy (non-hydrogen) atoms. The third-order valence-corrected chi connectivity index (χ3v) is 11.6. The van der Waals surface area contributed by atoms with Crippen LogP contribution in [0, 0.1) is 45.3 Å². The van der Waals surface area contributed by atoms with Gasteiger partial charge < -0.3 is 9.84 Å². The van der Waals surface area contributed by atoms with E-state index in [1.165, 1.54) is 25.5 Å². The molecule has 4 rings (SSSR count). The van der Waals surface area contributed by atoms with E-state index in [0.717, 1.165) is 25.7 Å². The number of carbonyl (C=O) groups excluding carboxylic acids is 2. The summed E-state index contributed by atoms with van der Waals surface area (Å²) in [5.74, 6) is 0.729. The highest BCUT2D eigenvalue weighted by Crippen LogP contribution is 2.71. The largest absolute Gasteiger partial charge is 0.469 e. The van der Waals surface area contributed by atoms with E-state index in [1.54, 1.807) is 12.5 Å². The van der Waals surface area contributed by atoms with Gasteiger partial charge in [-0.05, 0) is 77.9 Å². The Morgan fingerprint density at radius 1 is 1.03 bits per heavy atom. The standard InChI is InChI=1S/C31H48O4/c1-19(17-21(32)18-20(2)27(34)35-8)22-11-15-31(7)24-9-10-25-28(3,4)26(33)13-14-29(25,5)23(24)12-16-30(22,31)6/h11-12,19-20,24-26,33H,9-10,13-18H2,1-8H3/t19-,20-,24-,25+,26-,29-,30-,31+/m1/s1. The lowest BCUT2D eigenvalue weighted by molar-refractivity contribution is -0.146. The first-order chi connectivity index (χ1) is 16.2. The van der Waals surface area contributed by atoms with Gasteiger partial charge in [0.15, 0.2) is 0 Å². The molecule has 0 unspecified atom stereocenters. The highest BCUT2D eigenvalue weighted by Gasteiger charge is 2.63. The minimum atomic E-state index is -0.382. The molecule has 0 radical (unpaired) electrons. The normalized spacial score (nSPS) is 41.5. The summed E-state index contributed by atoms with van der Waals surface area (Å²) in [5, 5.41) is 10.8. The van der Waals surface area contributed by atoms with E-state index in [4.69, 9.17) is 4.74 Å². The number of hydrogen-bond acceptors (Lipinski definition) is 4. The van der Waals surface area contributed by atoms with E-state index in [-0.39, 0.29) is 57.8 Å². The predicted octanol–water partition coefficient (Wildman–Crippen LogP) is 6.67. The summed E-state index contributed by atoms with van der Waals surface area (Å²) in [5.41, 5.74) is 3.46. The third kappa shape index (κ3) is 3.88. The molecule has 0 spiro atoms. The first kappa shape index (κ1) is 26.6. The van der Waals surface area contributed by atoms with Crippen LogP contribution in [0.5, 0.6) is 0 Å². The Morgan fingerprint density at radius 3 is 2.37 bits per heavy atom. The molecule has 0 aliphatic heterocycles. The van der Waals surface area contributed by atoms with Gasteiger partial charge in [0.2, 0.25) is 0 Å². The lowest BCUT2D eigenvalue weighted by Gasteiger charge is -2.64.